The summed E-state index contributed by atoms with van der Waals surface area (Å²) in [6.45, 7) is 0.353. The van der Waals surface area contributed by atoms with Gasteiger partial charge in [0.05, 0.1) is 24.5 Å². The van der Waals surface area contributed by atoms with Crippen LogP contribution in [0.1, 0.15) is 23.8 Å². The molecular formula is C21H19N3O2. The molecule has 1 aliphatic heterocycles. The summed E-state index contributed by atoms with van der Waals surface area (Å²) in [4.78, 5) is 12.6. The van der Waals surface area contributed by atoms with Crippen LogP contribution in [0.3, 0.4) is 0 Å². The van der Waals surface area contributed by atoms with Gasteiger partial charge in [-0.3, -0.25) is 9.80 Å². The van der Waals surface area contributed by atoms with Gasteiger partial charge in [0.1, 0.15) is 11.5 Å². The van der Waals surface area contributed by atoms with Crippen LogP contribution in [0.5, 0.6) is 0 Å². The average Bonchev–Trinajstić information content (AvgIpc) is 3.37. The average molecular weight is 345 g/mol. The Morgan fingerprint density at radius 3 is 2.46 bits per heavy atom. The van der Waals surface area contributed by atoms with E-state index >= 15 is 0 Å². The lowest BCUT2D eigenvalue weighted by Crippen LogP contribution is -2.29. The van der Waals surface area contributed by atoms with Gasteiger partial charge in [-0.1, -0.05) is 48.5 Å². The molecule has 4 rings (SSSR count). The Morgan fingerprint density at radius 2 is 1.77 bits per heavy atom. The molecule has 3 aromatic rings. The monoisotopic (exact) mass is 345 g/mol. The Balaban J connectivity index is 1.56. The molecule has 0 unspecified atom stereocenters. The number of hydrazone groups is 1. The molecule has 0 fully saturated rings. The van der Waals surface area contributed by atoms with E-state index < -0.39 is 0 Å². The molecule has 130 valence electrons. The topological polar surface area (TPSA) is 57.8 Å². The van der Waals surface area contributed by atoms with Gasteiger partial charge in [0.15, 0.2) is 0 Å². The molecule has 0 saturated carbocycles. The third-order valence-corrected chi connectivity index (χ3v) is 4.38. The normalized spacial score (nSPS) is 16.4. The number of nitrogens with zero attached hydrogens (tertiary/aromatic N) is 2. The number of para-hydroxylation sites is 1. The van der Waals surface area contributed by atoms with Crippen molar-refractivity contribution in [3.8, 4) is 0 Å². The van der Waals surface area contributed by atoms with E-state index in [0.717, 1.165) is 17.0 Å². The van der Waals surface area contributed by atoms with Crippen LogP contribution in [-0.4, -0.2) is 11.6 Å². The fourth-order valence-corrected chi connectivity index (χ4v) is 3.08. The molecule has 1 amide bonds. The van der Waals surface area contributed by atoms with Crippen LogP contribution >= 0.6 is 0 Å². The molecule has 5 nitrogen and oxygen atoms in total. The molecule has 1 aromatic heterocycles. The first-order valence-corrected chi connectivity index (χ1v) is 8.58. The minimum absolute atomic E-state index is 0.00274. The van der Waals surface area contributed by atoms with E-state index in [-0.39, 0.29) is 11.9 Å². The quantitative estimate of drug-likeness (QED) is 0.763. The maximum absolute atomic E-state index is 12.6. The zero-order valence-electron chi connectivity index (χ0n) is 14.2. The Bertz CT molecular complexity index is 890. The van der Waals surface area contributed by atoms with Crippen molar-refractivity contribution < 1.29 is 9.21 Å². The summed E-state index contributed by atoms with van der Waals surface area (Å²) in [5.74, 6) is 0.553. The van der Waals surface area contributed by atoms with Crippen molar-refractivity contribution >= 4 is 17.3 Å². The van der Waals surface area contributed by atoms with Crippen LogP contribution in [0, 0.1) is 0 Å². The number of anilines is 1. The first kappa shape index (κ1) is 16.1. The summed E-state index contributed by atoms with van der Waals surface area (Å²) in [6, 6.07) is 23.7. The number of nitrogens with one attached hydrogen (secondary N) is 1. The Hall–Kier alpha value is -3.34. The van der Waals surface area contributed by atoms with Crippen molar-refractivity contribution in [1.82, 2.24) is 5.32 Å². The lowest BCUT2D eigenvalue weighted by Gasteiger charge is -2.23. The standard InChI is InChI=1S/C21H19N3O2/c25-21(22-15-18-12-7-13-26-18)19-14-20(16-8-3-1-4-9-16)24(23-19)17-10-5-2-6-11-17/h1-13,20H,14-15H2,(H,22,25)/t20-/m1/s1. The lowest BCUT2D eigenvalue weighted by molar-refractivity contribution is -0.115. The molecule has 0 spiro atoms. The SMILES string of the molecule is O=C(NCc1ccco1)C1=NN(c2ccccc2)[C@@H](c2ccccc2)C1. The van der Waals surface area contributed by atoms with Gasteiger partial charge in [0.25, 0.3) is 5.91 Å². The van der Waals surface area contributed by atoms with Crippen LogP contribution in [0.15, 0.2) is 88.6 Å². The number of rotatable bonds is 5. The second-order valence-corrected chi connectivity index (χ2v) is 6.12. The molecule has 0 saturated heterocycles. The highest BCUT2D eigenvalue weighted by Gasteiger charge is 2.32. The number of furan rings is 1. The zero-order valence-corrected chi connectivity index (χ0v) is 14.2. The molecule has 2 heterocycles. The largest absolute Gasteiger partial charge is 0.467 e. The van der Waals surface area contributed by atoms with Crippen molar-refractivity contribution in [1.29, 1.82) is 0 Å². The molecule has 1 N–H and O–H groups in total. The molecule has 5 heteroatoms. The summed E-state index contributed by atoms with van der Waals surface area (Å²) in [7, 11) is 0. The molecule has 0 radical (unpaired) electrons. The van der Waals surface area contributed by atoms with E-state index in [9.17, 15) is 4.79 Å². The maximum Gasteiger partial charge on any atom is 0.267 e. The first-order chi connectivity index (χ1) is 12.8. The van der Waals surface area contributed by atoms with Crippen LogP contribution < -0.4 is 10.3 Å². The molecule has 1 aliphatic rings. The highest BCUT2D eigenvalue weighted by atomic mass is 16.3. The first-order valence-electron chi connectivity index (χ1n) is 8.58. The number of hydrogen-bond acceptors (Lipinski definition) is 4. The predicted molar refractivity (Wildman–Crippen MR) is 101 cm³/mol. The molecule has 0 aliphatic carbocycles. The number of amides is 1. The van der Waals surface area contributed by atoms with Gasteiger partial charge >= 0.3 is 0 Å². The van der Waals surface area contributed by atoms with Gasteiger partial charge in [-0.25, -0.2) is 0 Å². The van der Waals surface area contributed by atoms with E-state index in [1.54, 1.807) is 12.3 Å². The number of carbonyl (C=O) groups excluding carboxylic acids is 1. The number of carbonyl (C=O) groups is 1. The van der Waals surface area contributed by atoms with Crippen molar-refractivity contribution in [2.75, 3.05) is 5.01 Å². The van der Waals surface area contributed by atoms with Crippen molar-refractivity contribution in [3.63, 3.8) is 0 Å². The van der Waals surface area contributed by atoms with Gasteiger partial charge in [-0.15, -0.1) is 0 Å². The van der Waals surface area contributed by atoms with Crippen LogP contribution in [0.4, 0.5) is 5.69 Å². The Labute approximate surface area is 151 Å². The van der Waals surface area contributed by atoms with Crippen molar-refractivity contribution in [2.45, 2.75) is 19.0 Å². The second kappa shape index (κ2) is 7.27. The second-order valence-electron chi connectivity index (χ2n) is 6.12. The van der Waals surface area contributed by atoms with Gasteiger partial charge in [-0.2, -0.15) is 5.10 Å². The van der Waals surface area contributed by atoms with Gasteiger partial charge < -0.3 is 9.73 Å². The van der Waals surface area contributed by atoms with Crippen molar-refractivity contribution in [2.24, 2.45) is 5.10 Å². The summed E-state index contributed by atoms with van der Waals surface area (Å²) in [5, 5.41) is 9.43. The van der Waals surface area contributed by atoms with Gasteiger partial charge in [0, 0.05) is 6.42 Å². The van der Waals surface area contributed by atoms with E-state index in [1.165, 1.54) is 0 Å². The molecular weight excluding hydrogens is 326 g/mol. The van der Waals surface area contributed by atoms with E-state index in [2.05, 4.69) is 22.6 Å². The summed E-state index contributed by atoms with van der Waals surface area (Å²) >= 11 is 0. The van der Waals surface area contributed by atoms with E-state index in [0.29, 0.717) is 18.7 Å². The van der Waals surface area contributed by atoms with E-state index in [1.807, 2.05) is 59.6 Å². The molecule has 2 aromatic carbocycles. The molecule has 0 bridgehead atoms. The fourth-order valence-electron chi connectivity index (χ4n) is 3.08. The third-order valence-electron chi connectivity index (χ3n) is 4.38. The summed E-state index contributed by atoms with van der Waals surface area (Å²) in [5.41, 5.74) is 2.62. The molecule has 1 atom stereocenters. The summed E-state index contributed by atoms with van der Waals surface area (Å²) in [6.07, 6.45) is 2.15. The van der Waals surface area contributed by atoms with Gasteiger partial charge in [-0.05, 0) is 29.8 Å². The minimum atomic E-state index is -0.166. The van der Waals surface area contributed by atoms with Crippen LogP contribution in [0.2, 0.25) is 0 Å². The van der Waals surface area contributed by atoms with E-state index in [4.69, 9.17) is 4.42 Å². The Kier molecular flexibility index (Phi) is 4.51. The van der Waals surface area contributed by atoms with Crippen molar-refractivity contribution in [3.05, 3.63) is 90.4 Å². The van der Waals surface area contributed by atoms with Crippen LogP contribution in [0.25, 0.3) is 0 Å². The summed E-state index contributed by atoms with van der Waals surface area (Å²) < 4.78 is 5.26. The zero-order chi connectivity index (χ0) is 17.8. The smallest absolute Gasteiger partial charge is 0.267 e. The van der Waals surface area contributed by atoms with Crippen LogP contribution in [-0.2, 0) is 11.3 Å². The van der Waals surface area contributed by atoms with Gasteiger partial charge in [0.2, 0.25) is 0 Å². The lowest BCUT2D eigenvalue weighted by atomic mass is 10.0. The highest BCUT2D eigenvalue weighted by molar-refractivity contribution is 6.39. The highest BCUT2D eigenvalue weighted by Crippen LogP contribution is 2.34. The molecule has 26 heavy (non-hydrogen) atoms. The number of hydrogen-bond donors (Lipinski definition) is 1. The maximum atomic E-state index is 12.6. The number of benzene rings is 2. The Morgan fingerprint density at radius 1 is 1.04 bits per heavy atom. The fraction of sp³-hybridized carbons (Fsp3) is 0.143. The minimum Gasteiger partial charge on any atom is -0.467 e. The third kappa shape index (κ3) is 3.37. The predicted octanol–water partition coefficient (Wildman–Crippen LogP) is 3.90.